The van der Waals surface area contributed by atoms with Gasteiger partial charge in [-0.1, -0.05) is 6.07 Å². The fraction of sp³-hybridized carbons (Fsp3) is 0.133. The lowest BCUT2D eigenvalue weighted by Crippen LogP contribution is -2.36. The number of aryl methyl sites for hydroxylation is 1. The number of pyridine rings is 3. The minimum atomic E-state index is -0.243. The van der Waals surface area contributed by atoms with Crippen LogP contribution in [0.4, 0.5) is 22.9 Å². The van der Waals surface area contributed by atoms with Crippen LogP contribution in [0.3, 0.4) is 0 Å². The molecular weight excluding hydrogens is 476 g/mol. The van der Waals surface area contributed by atoms with Crippen LogP contribution in [0.5, 0.6) is 11.5 Å². The second-order valence-corrected chi connectivity index (χ2v) is 9.17. The van der Waals surface area contributed by atoms with Crippen LogP contribution in [0.15, 0.2) is 91.4 Å². The molecule has 0 aliphatic carbocycles. The van der Waals surface area contributed by atoms with Gasteiger partial charge in [-0.2, -0.15) is 0 Å². The van der Waals surface area contributed by atoms with Crippen LogP contribution >= 0.6 is 0 Å². The number of nitrogens with zero attached hydrogens (tertiary/aromatic N) is 4. The van der Waals surface area contributed by atoms with Crippen molar-refractivity contribution >= 4 is 39.7 Å². The third-order valence-electron chi connectivity index (χ3n) is 6.40. The molecule has 3 aromatic heterocycles. The average Bonchev–Trinajstić information content (AvgIpc) is 2.89. The summed E-state index contributed by atoms with van der Waals surface area (Å²) in [7, 11) is 0. The van der Waals surface area contributed by atoms with E-state index in [1.165, 1.54) is 12.1 Å². The summed E-state index contributed by atoms with van der Waals surface area (Å²) in [6, 6.07) is 22.6. The smallest absolute Gasteiger partial charge is 0.255 e. The molecule has 1 fully saturated rings. The van der Waals surface area contributed by atoms with Crippen molar-refractivity contribution in [1.82, 2.24) is 15.0 Å². The van der Waals surface area contributed by atoms with E-state index in [0.717, 1.165) is 35.4 Å². The Bertz CT molecular complexity index is 1620. The molecule has 8 heteroatoms. The van der Waals surface area contributed by atoms with Gasteiger partial charge in [-0.3, -0.25) is 14.8 Å². The van der Waals surface area contributed by atoms with E-state index in [4.69, 9.17) is 9.72 Å². The number of rotatable bonds is 7. The van der Waals surface area contributed by atoms with Crippen LogP contribution in [0, 0.1) is 6.92 Å². The summed E-state index contributed by atoms with van der Waals surface area (Å²) in [6.07, 6.45) is 6.17. The molecule has 0 spiro atoms. The van der Waals surface area contributed by atoms with Crippen LogP contribution in [0.2, 0.25) is 0 Å². The maximum Gasteiger partial charge on any atom is 0.255 e. The summed E-state index contributed by atoms with van der Waals surface area (Å²) >= 11 is 0. The number of carbonyl (C=O) groups excluding carboxylic acids is 1. The van der Waals surface area contributed by atoms with Gasteiger partial charge in [-0.25, -0.2) is 4.98 Å². The van der Waals surface area contributed by atoms with Crippen molar-refractivity contribution < 1.29 is 9.53 Å². The summed E-state index contributed by atoms with van der Waals surface area (Å²) in [5.74, 6) is 1.62. The predicted molar refractivity (Wildman–Crippen MR) is 150 cm³/mol. The highest BCUT2D eigenvalue weighted by molar-refractivity contribution is 6.05. The Morgan fingerprint density at radius 3 is 2.61 bits per heavy atom. The third-order valence-corrected chi connectivity index (χ3v) is 6.40. The van der Waals surface area contributed by atoms with Crippen molar-refractivity contribution in [2.75, 3.05) is 28.6 Å². The fourth-order valence-electron chi connectivity index (χ4n) is 4.38. The van der Waals surface area contributed by atoms with E-state index < -0.39 is 0 Å². The molecule has 2 N–H and O–H groups in total. The van der Waals surface area contributed by atoms with Crippen molar-refractivity contribution in [3.63, 3.8) is 0 Å². The second kappa shape index (κ2) is 10.2. The first kappa shape index (κ1) is 23.4. The predicted octanol–water partition coefficient (Wildman–Crippen LogP) is 6.33. The number of ether oxygens (including phenoxy) is 1. The monoisotopic (exact) mass is 502 g/mol. The first-order valence-corrected chi connectivity index (χ1v) is 12.5. The van der Waals surface area contributed by atoms with Crippen molar-refractivity contribution in [2.45, 2.75) is 13.3 Å². The maximum absolute atomic E-state index is 13.1. The van der Waals surface area contributed by atoms with E-state index in [-0.39, 0.29) is 5.91 Å². The molecule has 0 atom stereocenters. The molecule has 1 amide bonds. The molecule has 0 bridgehead atoms. The molecule has 6 rings (SSSR count). The number of hydrogen-bond donors (Lipinski definition) is 2. The molecule has 1 aliphatic rings. The van der Waals surface area contributed by atoms with Gasteiger partial charge in [0.15, 0.2) is 0 Å². The minimum absolute atomic E-state index is 0.243. The zero-order valence-corrected chi connectivity index (χ0v) is 20.9. The number of benzene rings is 2. The molecule has 0 radical (unpaired) electrons. The quantitative estimate of drug-likeness (QED) is 0.269. The molecule has 0 unspecified atom stereocenters. The van der Waals surface area contributed by atoms with Gasteiger partial charge in [-0.15, -0.1) is 0 Å². The lowest BCUT2D eigenvalue weighted by atomic mass is 10.1. The summed E-state index contributed by atoms with van der Waals surface area (Å²) in [4.78, 5) is 28.6. The highest BCUT2D eigenvalue weighted by atomic mass is 16.5. The zero-order valence-electron chi connectivity index (χ0n) is 20.9. The van der Waals surface area contributed by atoms with Crippen molar-refractivity contribution in [3.8, 4) is 11.5 Å². The molecule has 2 aromatic carbocycles. The summed E-state index contributed by atoms with van der Waals surface area (Å²) in [6.45, 7) is 4.12. The Morgan fingerprint density at radius 1 is 0.921 bits per heavy atom. The SMILES string of the molecule is Cc1cc(Nc2cc(C(=O)Nc3cccc(Oc4ccncc4)c3)ccn2)c2cc(N3CCC3)ccc2n1. The second-order valence-electron chi connectivity index (χ2n) is 9.17. The number of anilines is 4. The Kier molecular flexibility index (Phi) is 6.27. The first-order chi connectivity index (χ1) is 18.6. The van der Waals surface area contributed by atoms with Crippen LogP contribution in [0.1, 0.15) is 22.5 Å². The topological polar surface area (TPSA) is 92.3 Å². The normalized spacial score (nSPS) is 12.6. The van der Waals surface area contributed by atoms with Crippen LogP contribution in [-0.4, -0.2) is 33.9 Å². The van der Waals surface area contributed by atoms with Crippen molar-refractivity contribution in [1.29, 1.82) is 0 Å². The number of aromatic nitrogens is 3. The molecule has 0 saturated carbocycles. The van der Waals surface area contributed by atoms with Gasteiger partial charge in [0.25, 0.3) is 5.91 Å². The van der Waals surface area contributed by atoms with E-state index in [9.17, 15) is 4.79 Å². The van der Waals surface area contributed by atoms with E-state index in [2.05, 4.69) is 43.7 Å². The van der Waals surface area contributed by atoms with Gasteiger partial charge < -0.3 is 20.3 Å². The Morgan fingerprint density at radius 2 is 1.79 bits per heavy atom. The lowest BCUT2D eigenvalue weighted by molar-refractivity contribution is 0.102. The summed E-state index contributed by atoms with van der Waals surface area (Å²) in [5.41, 5.74) is 5.02. The lowest BCUT2D eigenvalue weighted by Gasteiger charge is -2.33. The summed E-state index contributed by atoms with van der Waals surface area (Å²) in [5, 5.41) is 7.37. The van der Waals surface area contributed by atoms with Crippen LogP contribution in [-0.2, 0) is 0 Å². The van der Waals surface area contributed by atoms with Gasteiger partial charge in [0.1, 0.15) is 17.3 Å². The molecule has 5 aromatic rings. The zero-order chi connectivity index (χ0) is 25.9. The Labute approximate surface area is 220 Å². The van der Waals surface area contributed by atoms with Gasteiger partial charge in [0, 0.05) is 65.8 Å². The standard InChI is InChI=1S/C30H26N6O2/c1-20-16-28(26-19-23(36-14-3-15-36)6-7-27(26)33-20)35-29-17-21(8-13-32-29)30(37)34-22-4-2-5-25(18-22)38-24-9-11-31-12-10-24/h2,4-13,16-19H,3,14-15H2,1H3,(H,34,37)(H,32,33,35). The molecule has 4 heterocycles. The van der Waals surface area contributed by atoms with Gasteiger partial charge >= 0.3 is 0 Å². The number of amides is 1. The molecule has 188 valence electrons. The number of fused-ring (bicyclic) bond motifs is 1. The number of nitrogens with one attached hydrogen (secondary N) is 2. The van der Waals surface area contributed by atoms with Crippen LogP contribution in [0.25, 0.3) is 10.9 Å². The highest BCUT2D eigenvalue weighted by Crippen LogP contribution is 2.31. The number of hydrogen-bond acceptors (Lipinski definition) is 7. The largest absolute Gasteiger partial charge is 0.457 e. The molecule has 38 heavy (non-hydrogen) atoms. The molecule has 8 nitrogen and oxygen atoms in total. The molecule has 1 saturated heterocycles. The Balaban J connectivity index is 1.21. The van der Waals surface area contributed by atoms with E-state index >= 15 is 0 Å². The molecule has 1 aliphatic heterocycles. The Hall–Kier alpha value is -4.98. The molecular formula is C30H26N6O2. The van der Waals surface area contributed by atoms with Crippen molar-refractivity contribution in [3.05, 3.63) is 103 Å². The van der Waals surface area contributed by atoms with Crippen LogP contribution < -0.4 is 20.3 Å². The van der Waals surface area contributed by atoms with Crippen molar-refractivity contribution in [2.24, 2.45) is 0 Å². The minimum Gasteiger partial charge on any atom is -0.457 e. The summed E-state index contributed by atoms with van der Waals surface area (Å²) < 4.78 is 5.85. The fourth-order valence-corrected chi connectivity index (χ4v) is 4.38. The average molecular weight is 503 g/mol. The van der Waals surface area contributed by atoms with Gasteiger partial charge in [0.2, 0.25) is 0 Å². The maximum atomic E-state index is 13.1. The van der Waals surface area contributed by atoms with E-state index in [0.29, 0.717) is 28.6 Å². The first-order valence-electron chi connectivity index (χ1n) is 12.5. The number of carbonyl (C=O) groups is 1. The van der Waals surface area contributed by atoms with Gasteiger partial charge in [-0.05, 0) is 74.0 Å². The van der Waals surface area contributed by atoms with Gasteiger partial charge in [0.05, 0.1) is 11.2 Å². The highest BCUT2D eigenvalue weighted by Gasteiger charge is 2.16. The third kappa shape index (κ3) is 5.10. The van der Waals surface area contributed by atoms with E-state index in [1.54, 1.807) is 48.9 Å². The van der Waals surface area contributed by atoms with E-state index in [1.807, 2.05) is 31.2 Å².